The number of nitrogens with zero attached hydrogens (tertiary/aromatic N) is 5. The van der Waals surface area contributed by atoms with Gasteiger partial charge in [0.15, 0.2) is 17.2 Å². The van der Waals surface area contributed by atoms with Crippen molar-refractivity contribution < 1.29 is 4.74 Å². The standard InChI is InChI=1S/C38H39N7O3/c1-3-28(4-2)48-35-32(33(46)34(35)47)41-26-18-21-44(22-19-26)23-24-12-14-27(15-13-24)45-37(29-11-8-20-40-36(29)39)43-31-17-16-30(42-38(31)45)25-9-6-5-7-10-25/h5-17,20,26,28,41H,3-4,18-19,21-23H2,1-2H3,(H2,39,40). The summed E-state index contributed by atoms with van der Waals surface area (Å²) in [7, 11) is 0. The van der Waals surface area contributed by atoms with Gasteiger partial charge in [0.05, 0.1) is 17.4 Å². The van der Waals surface area contributed by atoms with Crippen molar-refractivity contribution in [3.05, 3.63) is 111 Å². The normalized spacial score (nSPS) is 14.2. The lowest BCUT2D eigenvalue weighted by Crippen LogP contribution is -2.43. The van der Waals surface area contributed by atoms with E-state index in [1.807, 2.05) is 56.3 Å². The monoisotopic (exact) mass is 641 g/mol. The third kappa shape index (κ3) is 6.06. The highest BCUT2D eigenvalue weighted by atomic mass is 16.5. The lowest BCUT2D eigenvalue weighted by atomic mass is 10.0. The van der Waals surface area contributed by atoms with Crippen LogP contribution in [0.15, 0.2) is 94.6 Å². The fourth-order valence-electron chi connectivity index (χ4n) is 6.44. The van der Waals surface area contributed by atoms with Crippen molar-refractivity contribution >= 4 is 22.7 Å². The van der Waals surface area contributed by atoms with E-state index < -0.39 is 10.9 Å². The van der Waals surface area contributed by atoms with Crippen LogP contribution in [-0.2, 0) is 6.54 Å². The summed E-state index contributed by atoms with van der Waals surface area (Å²) in [6, 6.07) is 26.5. The summed E-state index contributed by atoms with van der Waals surface area (Å²) in [6.45, 7) is 6.59. The molecule has 10 nitrogen and oxygen atoms in total. The van der Waals surface area contributed by atoms with Crippen molar-refractivity contribution in [2.24, 2.45) is 0 Å². The molecule has 0 spiro atoms. The summed E-state index contributed by atoms with van der Waals surface area (Å²) in [5.41, 5.74) is 12.0. The Morgan fingerprint density at radius 2 is 1.65 bits per heavy atom. The minimum absolute atomic E-state index is 0.0577. The van der Waals surface area contributed by atoms with Gasteiger partial charge in [-0.1, -0.05) is 56.3 Å². The number of likely N-dealkylation sites (tertiary alicyclic amines) is 1. The first-order valence-corrected chi connectivity index (χ1v) is 16.7. The maximum atomic E-state index is 12.3. The van der Waals surface area contributed by atoms with Crippen LogP contribution < -0.4 is 26.6 Å². The van der Waals surface area contributed by atoms with E-state index in [0.717, 1.165) is 79.0 Å². The summed E-state index contributed by atoms with van der Waals surface area (Å²) in [4.78, 5) is 41.3. The second-order valence-corrected chi connectivity index (χ2v) is 12.4. The molecule has 48 heavy (non-hydrogen) atoms. The zero-order chi connectivity index (χ0) is 33.2. The molecule has 4 heterocycles. The molecule has 3 aromatic carbocycles. The molecule has 0 saturated carbocycles. The maximum absolute atomic E-state index is 12.3. The topological polar surface area (TPSA) is 128 Å². The average Bonchev–Trinajstić information content (AvgIpc) is 3.51. The van der Waals surface area contributed by atoms with Crippen LogP contribution in [0.25, 0.3) is 39.5 Å². The molecule has 0 aliphatic carbocycles. The SMILES string of the molecule is CCC(CC)Oc1c(NC2CCN(Cc3ccc(-n4c(-c5cccnc5N)nc5ccc(-c6ccccc6)nc54)cc3)CC2)c(=O)c1=O. The maximum Gasteiger partial charge on any atom is 0.272 e. The molecule has 6 aromatic rings. The number of nitrogens with two attached hydrogens (primary N) is 1. The first kappa shape index (κ1) is 31.3. The van der Waals surface area contributed by atoms with Crippen LogP contribution in [0.3, 0.4) is 0 Å². The number of imidazole rings is 1. The summed E-state index contributed by atoms with van der Waals surface area (Å²) in [5.74, 6) is 1.31. The Kier molecular flexibility index (Phi) is 8.73. The number of pyridine rings is 2. The summed E-state index contributed by atoms with van der Waals surface area (Å²) >= 11 is 0. The molecule has 1 aliphatic rings. The highest BCUT2D eigenvalue weighted by molar-refractivity contribution is 5.84. The predicted molar refractivity (Wildman–Crippen MR) is 190 cm³/mol. The minimum atomic E-state index is -0.516. The van der Waals surface area contributed by atoms with Crippen LogP contribution >= 0.6 is 0 Å². The average molecular weight is 642 g/mol. The van der Waals surface area contributed by atoms with Gasteiger partial charge in [0, 0.05) is 43.1 Å². The summed E-state index contributed by atoms with van der Waals surface area (Å²) in [5, 5.41) is 3.33. The fraction of sp³-hybridized carbons (Fsp3) is 0.289. The molecule has 0 atom stereocenters. The number of benzene rings is 2. The van der Waals surface area contributed by atoms with Crippen LogP contribution in [-0.4, -0.2) is 49.7 Å². The molecule has 0 radical (unpaired) electrons. The number of rotatable bonds is 11. The van der Waals surface area contributed by atoms with Crippen LogP contribution in [0, 0.1) is 0 Å². The van der Waals surface area contributed by atoms with Gasteiger partial charge in [-0.25, -0.2) is 15.0 Å². The van der Waals surface area contributed by atoms with E-state index in [1.54, 1.807) is 6.20 Å². The van der Waals surface area contributed by atoms with E-state index in [-0.39, 0.29) is 17.9 Å². The number of aromatic nitrogens is 4. The Balaban J connectivity index is 1.08. The minimum Gasteiger partial charge on any atom is -0.484 e. The molecule has 3 N–H and O–H groups in total. The van der Waals surface area contributed by atoms with Gasteiger partial charge < -0.3 is 15.8 Å². The number of nitrogens with one attached hydrogen (secondary N) is 1. The summed E-state index contributed by atoms with van der Waals surface area (Å²) < 4.78 is 7.92. The van der Waals surface area contributed by atoms with Crippen molar-refractivity contribution in [3.8, 4) is 34.1 Å². The first-order valence-electron chi connectivity index (χ1n) is 16.7. The Morgan fingerprint density at radius 3 is 2.35 bits per heavy atom. The molecule has 0 bridgehead atoms. The number of ether oxygens (including phenoxy) is 1. The molecular formula is C38H39N7O3. The Morgan fingerprint density at radius 1 is 0.896 bits per heavy atom. The molecule has 1 fully saturated rings. The van der Waals surface area contributed by atoms with Crippen LogP contribution in [0.4, 0.5) is 11.5 Å². The second-order valence-electron chi connectivity index (χ2n) is 12.4. The molecule has 7 rings (SSSR count). The molecule has 1 saturated heterocycles. The van der Waals surface area contributed by atoms with E-state index in [1.165, 1.54) is 5.56 Å². The zero-order valence-electron chi connectivity index (χ0n) is 27.2. The van der Waals surface area contributed by atoms with E-state index in [2.05, 4.69) is 56.2 Å². The number of hydrogen-bond donors (Lipinski definition) is 2. The molecular weight excluding hydrogens is 602 g/mol. The van der Waals surface area contributed by atoms with E-state index in [4.69, 9.17) is 20.4 Å². The molecule has 3 aromatic heterocycles. The number of fused-ring (bicyclic) bond motifs is 1. The van der Waals surface area contributed by atoms with Gasteiger partial charge in [0.2, 0.25) is 0 Å². The third-order valence-corrected chi connectivity index (χ3v) is 9.25. The van der Waals surface area contributed by atoms with Crippen molar-refractivity contribution in [1.29, 1.82) is 0 Å². The number of nitrogen functional groups attached to an aromatic ring is 1. The molecule has 244 valence electrons. The molecule has 1 aliphatic heterocycles. The number of hydrogen-bond acceptors (Lipinski definition) is 9. The van der Waals surface area contributed by atoms with Gasteiger partial charge in [-0.15, -0.1) is 0 Å². The van der Waals surface area contributed by atoms with E-state index >= 15 is 0 Å². The third-order valence-electron chi connectivity index (χ3n) is 9.25. The van der Waals surface area contributed by atoms with Crippen molar-refractivity contribution in [2.45, 2.75) is 58.2 Å². The van der Waals surface area contributed by atoms with E-state index in [9.17, 15) is 9.59 Å². The lowest BCUT2D eigenvalue weighted by Gasteiger charge is -2.33. The van der Waals surface area contributed by atoms with Crippen molar-refractivity contribution in [1.82, 2.24) is 24.4 Å². The quantitative estimate of drug-likeness (QED) is 0.164. The van der Waals surface area contributed by atoms with Gasteiger partial charge >= 0.3 is 0 Å². The molecule has 0 unspecified atom stereocenters. The highest BCUT2D eigenvalue weighted by Gasteiger charge is 2.28. The smallest absolute Gasteiger partial charge is 0.272 e. The van der Waals surface area contributed by atoms with Gasteiger partial charge in [-0.05, 0) is 67.6 Å². The predicted octanol–water partition coefficient (Wildman–Crippen LogP) is 5.97. The Hall–Kier alpha value is -5.35. The van der Waals surface area contributed by atoms with Crippen LogP contribution in [0.2, 0.25) is 0 Å². The Bertz CT molecular complexity index is 2110. The number of piperidine rings is 1. The van der Waals surface area contributed by atoms with Gasteiger partial charge in [0.1, 0.15) is 17.0 Å². The molecule has 10 heteroatoms. The van der Waals surface area contributed by atoms with Gasteiger partial charge in [0.25, 0.3) is 10.9 Å². The second kappa shape index (κ2) is 13.4. The highest BCUT2D eigenvalue weighted by Crippen LogP contribution is 2.32. The summed E-state index contributed by atoms with van der Waals surface area (Å²) in [6.07, 6.45) is 4.94. The first-order chi connectivity index (χ1) is 23.4. The lowest BCUT2D eigenvalue weighted by molar-refractivity contribution is 0.188. The Labute approximate surface area is 278 Å². The fourth-order valence-corrected chi connectivity index (χ4v) is 6.44. The van der Waals surface area contributed by atoms with Gasteiger partial charge in [-0.3, -0.25) is 19.1 Å². The van der Waals surface area contributed by atoms with Crippen molar-refractivity contribution in [2.75, 3.05) is 24.1 Å². The zero-order valence-corrected chi connectivity index (χ0v) is 27.2. The van der Waals surface area contributed by atoms with E-state index in [0.29, 0.717) is 17.3 Å². The largest absolute Gasteiger partial charge is 0.484 e. The van der Waals surface area contributed by atoms with Gasteiger partial charge in [-0.2, -0.15) is 0 Å². The molecule has 0 amide bonds. The van der Waals surface area contributed by atoms with Crippen LogP contribution in [0.5, 0.6) is 5.75 Å². The van der Waals surface area contributed by atoms with Crippen LogP contribution in [0.1, 0.15) is 45.1 Å². The number of anilines is 2. The van der Waals surface area contributed by atoms with Crippen molar-refractivity contribution in [3.63, 3.8) is 0 Å².